The number of rotatable bonds is 7. The van der Waals surface area contributed by atoms with Crippen molar-refractivity contribution in [1.82, 2.24) is 5.32 Å². The van der Waals surface area contributed by atoms with Crippen LogP contribution >= 0.6 is 0 Å². The maximum atomic E-state index is 13.5. The topological polar surface area (TPSA) is 83.1 Å². The Kier molecular flexibility index (Phi) is 6.58. The van der Waals surface area contributed by atoms with Crippen LogP contribution in [0.4, 0.5) is 0 Å². The van der Waals surface area contributed by atoms with Crippen molar-refractivity contribution in [2.24, 2.45) is 0 Å². The minimum absolute atomic E-state index is 0.0336. The lowest BCUT2D eigenvalue weighted by molar-refractivity contribution is -0.122. The van der Waals surface area contributed by atoms with Gasteiger partial charge in [-0.05, 0) is 43.0 Å². The first-order valence-corrected chi connectivity index (χ1v) is 11.1. The molecule has 0 fully saturated rings. The number of amides is 1. The molecule has 1 amide bonds. The third-order valence-corrected chi connectivity index (χ3v) is 6.29. The maximum absolute atomic E-state index is 13.5. The number of para-hydroxylation sites is 1. The summed E-state index contributed by atoms with van der Waals surface area (Å²) in [7, 11) is 4.68. The van der Waals surface area contributed by atoms with Crippen molar-refractivity contribution >= 4 is 11.7 Å². The Morgan fingerprint density at radius 2 is 1.61 bits per heavy atom. The van der Waals surface area contributed by atoms with Gasteiger partial charge in [-0.25, -0.2) is 0 Å². The molecule has 0 radical (unpaired) electrons. The Morgan fingerprint density at radius 1 is 0.909 bits per heavy atom. The second kappa shape index (κ2) is 9.57. The van der Waals surface area contributed by atoms with Crippen LogP contribution in [0.2, 0.25) is 0 Å². The number of carbonyl (C=O) groups is 2. The van der Waals surface area contributed by atoms with Gasteiger partial charge in [-0.2, -0.15) is 0 Å². The van der Waals surface area contributed by atoms with E-state index in [4.69, 9.17) is 18.9 Å². The first-order valence-electron chi connectivity index (χ1n) is 11.1. The highest BCUT2D eigenvalue weighted by Gasteiger charge is 2.39. The number of Topliss-reactive ketones (excluding diaryl/α,β-unsaturated/α-hetero) is 1. The largest absolute Gasteiger partial charge is 0.494 e. The van der Waals surface area contributed by atoms with Crippen LogP contribution in [-0.2, 0) is 9.59 Å². The smallest absolute Gasteiger partial charge is 0.225 e. The number of allylic oxidation sites excluding steroid dienone is 2. The van der Waals surface area contributed by atoms with E-state index in [1.165, 1.54) is 0 Å². The molecule has 2 aromatic rings. The summed E-state index contributed by atoms with van der Waals surface area (Å²) in [6, 6.07) is 11.4. The molecule has 1 heterocycles. The average molecular weight is 452 g/mol. The Balaban J connectivity index is 1.73. The summed E-state index contributed by atoms with van der Waals surface area (Å²) in [6.45, 7) is 2.43. The molecule has 0 spiro atoms. The molecule has 7 heteroatoms. The van der Waals surface area contributed by atoms with Gasteiger partial charge in [0.1, 0.15) is 5.75 Å². The fourth-order valence-electron chi connectivity index (χ4n) is 4.85. The first kappa shape index (κ1) is 22.7. The third-order valence-electron chi connectivity index (χ3n) is 6.29. The minimum Gasteiger partial charge on any atom is -0.494 e. The standard InChI is InChI=1S/C26H29NO6/c1-5-33-21-9-7-6-8-17(21)18-14-24(29)27-19-10-15(11-20(28)25(18)19)16-12-22(30-2)26(32-4)23(13-16)31-3/h6-9,12-13,15,18H,5,10-11,14H2,1-4H3,(H,27,29). The highest BCUT2D eigenvalue weighted by molar-refractivity contribution is 6.02. The molecule has 174 valence electrons. The fraction of sp³-hybridized carbons (Fsp3) is 0.385. The summed E-state index contributed by atoms with van der Waals surface area (Å²) in [4.78, 5) is 26.1. The van der Waals surface area contributed by atoms with Crippen molar-refractivity contribution in [3.63, 3.8) is 0 Å². The zero-order valence-electron chi connectivity index (χ0n) is 19.4. The van der Waals surface area contributed by atoms with Gasteiger partial charge in [0.15, 0.2) is 17.3 Å². The van der Waals surface area contributed by atoms with Crippen molar-refractivity contribution in [2.75, 3.05) is 27.9 Å². The number of ketones is 1. The monoisotopic (exact) mass is 451 g/mol. The summed E-state index contributed by atoms with van der Waals surface area (Å²) in [5.41, 5.74) is 3.15. The number of hydrogen-bond donors (Lipinski definition) is 1. The summed E-state index contributed by atoms with van der Waals surface area (Å²) < 4.78 is 22.2. The molecular formula is C26H29NO6. The average Bonchev–Trinajstić information content (AvgIpc) is 2.82. The molecule has 0 saturated carbocycles. The van der Waals surface area contributed by atoms with Crippen molar-refractivity contribution in [1.29, 1.82) is 0 Å². The van der Waals surface area contributed by atoms with Gasteiger partial charge < -0.3 is 24.3 Å². The van der Waals surface area contributed by atoms with Crippen LogP contribution in [0.5, 0.6) is 23.0 Å². The van der Waals surface area contributed by atoms with E-state index < -0.39 is 0 Å². The summed E-state index contributed by atoms with van der Waals surface area (Å²) in [5, 5.41) is 2.97. The number of nitrogens with one attached hydrogen (secondary N) is 1. The molecule has 4 rings (SSSR count). The summed E-state index contributed by atoms with van der Waals surface area (Å²) in [5.74, 6) is 1.80. The van der Waals surface area contributed by atoms with Gasteiger partial charge in [-0.3, -0.25) is 9.59 Å². The second-order valence-electron chi connectivity index (χ2n) is 8.15. The highest BCUT2D eigenvalue weighted by Crippen LogP contribution is 2.47. The van der Waals surface area contributed by atoms with E-state index in [0.717, 1.165) is 11.1 Å². The quantitative estimate of drug-likeness (QED) is 0.682. The zero-order chi connectivity index (χ0) is 23.5. The van der Waals surface area contributed by atoms with E-state index >= 15 is 0 Å². The summed E-state index contributed by atoms with van der Waals surface area (Å²) in [6.07, 6.45) is 1.10. The van der Waals surface area contributed by atoms with Gasteiger partial charge in [0, 0.05) is 35.6 Å². The molecule has 0 saturated heterocycles. The molecule has 2 aliphatic rings. The normalized spacial score (nSPS) is 20.1. The van der Waals surface area contributed by atoms with Gasteiger partial charge >= 0.3 is 0 Å². The number of carbonyl (C=O) groups excluding carboxylic acids is 2. The molecule has 7 nitrogen and oxygen atoms in total. The van der Waals surface area contributed by atoms with Crippen LogP contribution in [0.25, 0.3) is 0 Å². The Bertz CT molecular complexity index is 1080. The maximum Gasteiger partial charge on any atom is 0.225 e. The third kappa shape index (κ3) is 4.27. The highest BCUT2D eigenvalue weighted by atomic mass is 16.5. The van der Waals surface area contributed by atoms with Crippen LogP contribution < -0.4 is 24.3 Å². The van der Waals surface area contributed by atoms with E-state index in [-0.39, 0.29) is 29.9 Å². The SMILES string of the molecule is CCOc1ccccc1C1CC(=O)NC2=C1C(=O)CC(c1cc(OC)c(OC)c(OC)c1)C2. The lowest BCUT2D eigenvalue weighted by Crippen LogP contribution is -2.38. The van der Waals surface area contributed by atoms with Gasteiger partial charge in [-0.1, -0.05) is 18.2 Å². The van der Waals surface area contributed by atoms with Crippen LogP contribution in [0.3, 0.4) is 0 Å². The molecule has 1 N–H and O–H groups in total. The Labute approximate surface area is 193 Å². The molecular weight excluding hydrogens is 422 g/mol. The van der Waals surface area contributed by atoms with E-state index in [9.17, 15) is 9.59 Å². The van der Waals surface area contributed by atoms with Gasteiger partial charge in [0.2, 0.25) is 11.7 Å². The van der Waals surface area contributed by atoms with E-state index in [1.54, 1.807) is 21.3 Å². The van der Waals surface area contributed by atoms with Crippen LogP contribution in [-0.4, -0.2) is 39.6 Å². The van der Waals surface area contributed by atoms with E-state index in [0.29, 0.717) is 53.7 Å². The Hall–Kier alpha value is -3.48. The molecule has 33 heavy (non-hydrogen) atoms. The molecule has 2 atom stereocenters. The van der Waals surface area contributed by atoms with E-state index in [1.807, 2.05) is 43.3 Å². The lowest BCUT2D eigenvalue weighted by atomic mass is 9.73. The van der Waals surface area contributed by atoms with Crippen molar-refractivity contribution < 1.29 is 28.5 Å². The molecule has 0 bridgehead atoms. The second-order valence-corrected chi connectivity index (χ2v) is 8.15. The first-order chi connectivity index (χ1) is 16.0. The zero-order valence-corrected chi connectivity index (χ0v) is 19.4. The number of methoxy groups -OCH3 is 3. The van der Waals surface area contributed by atoms with Crippen molar-refractivity contribution in [3.05, 3.63) is 58.8 Å². The van der Waals surface area contributed by atoms with Gasteiger partial charge in [0.25, 0.3) is 0 Å². The number of hydrogen-bond acceptors (Lipinski definition) is 6. The van der Waals surface area contributed by atoms with Crippen molar-refractivity contribution in [2.45, 2.75) is 38.0 Å². The molecule has 2 aromatic carbocycles. The fourth-order valence-corrected chi connectivity index (χ4v) is 4.85. The molecule has 0 aromatic heterocycles. The Morgan fingerprint density at radius 3 is 2.24 bits per heavy atom. The predicted molar refractivity (Wildman–Crippen MR) is 123 cm³/mol. The molecule has 2 unspecified atom stereocenters. The van der Waals surface area contributed by atoms with Crippen LogP contribution in [0, 0.1) is 0 Å². The van der Waals surface area contributed by atoms with Crippen LogP contribution in [0.1, 0.15) is 49.1 Å². The van der Waals surface area contributed by atoms with Gasteiger partial charge in [0.05, 0.1) is 27.9 Å². The molecule has 1 aliphatic carbocycles. The minimum atomic E-state index is -0.315. The van der Waals surface area contributed by atoms with E-state index in [2.05, 4.69) is 5.32 Å². The van der Waals surface area contributed by atoms with Gasteiger partial charge in [-0.15, -0.1) is 0 Å². The van der Waals surface area contributed by atoms with Crippen LogP contribution in [0.15, 0.2) is 47.7 Å². The number of ether oxygens (including phenoxy) is 4. The summed E-state index contributed by atoms with van der Waals surface area (Å²) >= 11 is 0. The lowest BCUT2D eigenvalue weighted by Gasteiger charge is -2.35. The predicted octanol–water partition coefficient (Wildman–Crippen LogP) is 4.12. The number of benzene rings is 2. The molecule has 1 aliphatic heterocycles. The van der Waals surface area contributed by atoms with Crippen molar-refractivity contribution in [3.8, 4) is 23.0 Å².